The van der Waals surface area contributed by atoms with Crippen molar-refractivity contribution in [3.05, 3.63) is 24.3 Å². The average molecular weight is 523 g/mol. The first kappa shape index (κ1) is 24.8. The van der Waals surface area contributed by atoms with Gasteiger partial charge in [0.1, 0.15) is 22.7 Å². The highest BCUT2D eigenvalue weighted by atomic mass is 16.6. The van der Waals surface area contributed by atoms with Crippen LogP contribution in [0.3, 0.4) is 0 Å². The first-order valence-electron chi connectivity index (χ1n) is 15.1. The predicted molar refractivity (Wildman–Crippen MR) is 141 cm³/mol. The van der Waals surface area contributed by atoms with Crippen LogP contribution in [0.4, 0.5) is 0 Å². The molecule has 206 valence electrons. The lowest BCUT2D eigenvalue weighted by atomic mass is 9.50. The quantitative estimate of drug-likeness (QED) is 0.392. The van der Waals surface area contributed by atoms with Gasteiger partial charge in [0.25, 0.3) is 0 Å². The van der Waals surface area contributed by atoms with Gasteiger partial charge in [-0.05, 0) is 138 Å². The highest BCUT2D eigenvalue weighted by Crippen LogP contribution is 2.60. The van der Waals surface area contributed by atoms with Crippen LogP contribution in [0.5, 0.6) is 11.5 Å². The molecule has 6 heteroatoms. The zero-order valence-corrected chi connectivity index (χ0v) is 22.9. The van der Waals surface area contributed by atoms with E-state index in [1.165, 1.54) is 64.2 Å². The number of benzene rings is 1. The van der Waals surface area contributed by atoms with Crippen LogP contribution in [0.2, 0.25) is 0 Å². The Balaban J connectivity index is 0.902. The molecule has 0 aromatic heterocycles. The van der Waals surface area contributed by atoms with Crippen LogP contribution in [0.25, 0.3) is 0 Å². The molecular weight excluding hydrogens is 480 g/mol. The van der Waals surface area contributed by atoms with Crippen LogP contribution in [0.1, 0.15) is 78.1 Å². The molecule has 0 unspecified atom stereocenters. The van der Waals surface area contributed by atoms with Gasteiger partial charge in [-0.15, -0.1) is 0 Å². The third-order valence-electron chi connectivity index (χ3n) is 11.7. The van der Waals surface area contributed by atoms with Crippen molar-refractivity contribution in [2.24, 2.45) is 47.3 Å². The van der Waals surface area contributed by atoms with Gasteiger partial charge in [0.2, 0.25) is 0 Å². The first-order chi connectivity index (χ1) is 18.3. The molecule has 0 saturated heterocycles. The lowest BCUT2D eigenvalue weighted by Gasteiger charge is -2.59. The molecule has 8 bridgehead atoms. The van der Waals surface area contributed by atoms with Gasteiger partial charge >= 0.3 is 11.9 Å². The van der Waals surface area contributed by atoms with Gasteiger partial charge in [0, 0.05) is 6.07 Å². The Kier molecular flexibility index (Phi) is 5.97. The van der Waals surface area contributed by atoms with Gasteiger partial charge in [0.05, 0.1) is 0 Å². The monoisotopic (exact) mass is 522 g/mol. The minimum atomic E-state index is -0.354. The Labute approximate surface area is 226 Å². The zero-order valence-electron chi connectivity index (χ0n) is 22.9. The summed E-state index contributed by atoms with van der Waals surface area (Å²) in [6, 6.07) is 7.10. The maximum absolute atomic E-state index is 12.8. The molecule has 38 heavy (non-hydrogen) atoms. The van der Waals surface area contributed by atoms with E-state index in [9.17, 15) is 9.59 Å². The normalized spacial score (nSPS) is 43.6. The lowest BCUT2D eigenvalue weighted by Crippen LogP contribution is -2.58. The largest absolute Gasteiger partial charge is 0.482 e. The molecule has 0 radical (unpaired) electrons. The summed E-state index contributed by atoms with van der Waals surface area (Å²) in [4.78, 5) is 25.6. The van der Waals surface area contributed by atoms with E-state index in [0.29, 0.717) is 35.2 Å². The Hall–Kier alpha value is -2.24. The van der Waals surface area contributed by atoms with Crippen LogP contribution in [-0.2, 0) is 19.1 Å². The van der Waals surface area contributed by atoms with Crippen molar-refractivity contribution in [2.75, 3.05) is 13.2 Å². The van der Waals surface area contributed by atoms with Crippen molar-refractivity contribution in [1.29, 1.82) is 0 Å². The molecular formula is C32H42O6. The molecule has 0 aliphatic heterocycles. The minimum absolute atomic E-state index is 0.128. The highest BCUT2D eigenvalue weighted by Gasteiger charge is 2.58. The molecule has 0 atom stereocenters. The van der Waals surface area contributed by atoms with Crippen molar-refractivity contribution in [3.63, 3.8) is 0 Å². The Morgan fingerprint density at radius 3 is 1.32 bits per heavy atom. The summed E-state index contributed by atoms with van der Waals surface area (Å²) < 4.78 is 23.8. The summed E-state index contributed by atoms with van der Waals surface area (Å²) in [7, 11) is 0. The topological polar surface area (TPSA) is 71.1 Å². The summed E-state index contributed by atoms with van der Waals surface area (Å²) in [5.74, 6) is 5.70. The van der Waals surface area contributed by atoms with Gasteiger partial charge in [-0.25, -0.2) is 9.59 Å². The molecule has 8 aliphatic rings. The third kappa shape index (κ3) is 4.30. The number of esters is 2. The van der Waals surface area contributed by atoms with E-state index in [0.717, 1.165) is 23.7 Å². The molecule has 8 fully saturated rings. The molecule has 0 spiro atoms. The summed E-state index contributed by atoms with van der Waals surface area (Å²) >= 11 is 0. The fourth-order valence-electron chi connectivity index (χ4n) is 10.1. The molecule has 8 aliphatic carbocycles. The molecule has 0 N–H and O–H groups in total. The van der Waals surface area contributed by atoms with Gasteiger partial charge in [-0.1, -0.05) is 6.07 Å². The third-order valence-corrected chi connectivity index (χ3v) is 11.7. The SMILES string of the molecule is CC1(OC(=O)COc2cccc(OCC(=O)OC3(C)C4CC5CC(C4)CC3C5)c2)C2CC3CC(C2)CC1C3. The average Bonchev–Trinajstić information content (AvgIpc) is 2.88. The van der Waals surface area contributed by atoms with Gasteiger partial charge in [0.15, 0.2) is 13.2 Å². The van der Waals surface area contributed by atoms with Crippen LogP contribution >= 0.6 is 0 Å². The minimum Gasteiger partial charge on any atom is -0.482 e. The number of hydrogen-bond acceptors (Lipinski definition) is 6. The van der Waals surface area contributed by atoms with Gasteiger partial charge in [-0.2, -0.15) is 0 Å². The number of carbonyl (C=O) groups excluding carboxylic acids is 2. The number of ether oxygens (including phenoxy) is 4. The fourth-order valence-corrected chi connectivity index (χ4v) is 10.1. The number of rotatable bonds is 8. The van der Waals surface area contributed by atoms with Crippen molar-refractivity contribution in [1.82, 2.24) is 0 Å². The fraction of sp³-hybridized carbons (Fsp3) is 0.750. The Morgan fingerprint density at radius 1 is 0.632 bits per heavy atom. The van der Waals surface area contributed by atoms with E-state index >= 15 is 0 Å². The molecule has 0 heterocycles. The van der Waals surface area contributed by atoms with Crippen LogP contribution in [0, 0.1) is 47.3 Å². The summed E-state index contributed by atoms with van der Waals surface area (Å²) in [6.45, 7) is 4.04. The zero-order chi connectivity index (χ0) is 26.1. The Bertz CT molecular complexity index is 956. The predicted octanol–water partition coefficient (Wildman–Crippen LogP) is 5.96. The van der Waals surface area contributed by atoms with E-state index in [4.69, 9.17) is 18.9 Å². The second kappa shape index (κ2) is 9.16. The molecule has 9 rings (SSSR count). The highest BCUT2D eigenvalue weighted by molar-refractivity contribution is 5.72. The summed E-state index contributed by atoms with van der Waals surface area (Å²) in [5.41, 5.74) is -0.708. The second-order valence-electron chi connectivity index (χ2n) is 14.0. The smallest absolute Gasteiger partial charge is 0.344 e. The van der Waals surface area contributed by atoms with Crippen LogP contribution < -0.4 is 9.47 Å². The van der Waals surface area contributed by atoms with E-state index in [2.05, 4.69) is 13.8 Å². The maximum atomic E-state index is 12.8. The standard InChI is InChI=1S/C32H42O6/c1-31(23-8-19-6-20(10-23)11-24(31)9-19)37-29(33)17-35-27-4-3-5-28(16-27)36-18-30(34)38-32(2)25-12-21-7-22(14-25)15-26(32)13-21/h3-5,16,19-26H,6-15,17-18H2,1-2H3. The van der Waals surface area contributed by atoms with Crippen LogP contribution in [-0.4, -0.2) is 36.4 Å². The van der Waals surface area contributed by atoms with Crippen molar-refractivity contribution < 1.29 is 28.5 Å². The van der Waals surface area contributed by atoms with E-state index < -0.39 is 0 Å². The van der Waals surface area contributed by atoms with Crippen molar-refractivity contribution in [3.8, 4) is 11.5 Å². The maximum Gasteiger partial charge on any atom is 0.344 e. The molecule has 1 aromatic rings. The molecule has 1 aromatic carbocycles. The van der Waals surface area contributed by atoms with Crippen LogP contribution in [0.15, 0.2) is 24.3 Å². The second-order valence-corrected chi connectivity index (χ2v) is 14.0. The van der Waals surface area contributed by atoms with Crippen molar-refractivity contribution in [2.45, 2.75) is 89.3 Å². The number of hydrogen-bond donors (Lipinski definition) is 0. The lowest BCUT2D eigenvalue weighted by molar-refractivity contribution is -0.205. The first-order valence-corrected chi connectivity index (χ1v) is 15.1. The van der Waals surface area contributed by atoms with Crippen molar-refractivity contribution >= 4 is 11.9 Å². The van der Waals surface area contributed by atoms with E-state index in [1.54, 1.807) is 24.3 Å². The van der Waals surface area contributed by atoms with Gasteiger partial charge in [-0.3, -0.25) is 0 Å². The Morgan fingerprint density at radius 2 is 0.974 bits per heavy atom. The van der Waals surface area contributed by atoms with E-state index in [1.807, 2.05) is 0 Å². The molecule has 6 nitrogen and oxygen atoms in total. The number of carbonyl (C=O) groups is 2. The summed E-state index contributed by atoms with van der Waals surface area (Å²) in [5, 5.41) is 0. The van der Waals surface area contributed by atoms with E-state index in [-0.39, 0.29) is 36.4 Å². The van der Waals surface area contributed by atoms with Gasteiger partial charge < -0.3 is 18.9 Å². The summed E-state index contributed by atoms with van der Waals surface area (Å²) in [6.07, 6.45) is 12.3. The molecule has 0 amide bonds. The molecule has 8 saturated carbocycles.